The van der Waals surface area contributed by atoms with E-state index in [9.17, 15) is 0 Å². The molecule has 0 radical (unpaired) electrons. The maximum absolute atomic E-state index is 6.07. The smallest absolute Gasteiger partial charge is 0.188 e. The zero-order valence-electron chi connectivity index (χ0n) is 15.5. The molecule has 1 fully saturated rings. The highest BCUT2D eigenvalue weighted by molar-refractivity contribution is 14.0. The summed E-state index contributed by atoms with van der Waals surface area (Å²) in [4.78, 5) is 7.05. The molecular weight excluding hydrogens is 415 g/mol. The molecule has 2 rings (SSSR count). The summed E-state index contributed by atoms with van der Waals surface area (Å²) in [6, 6.07) is 0.588. The van der Waals surface area contributed by atoms with Crippen LogP contribution in [0.5, 0.6) is 0 Å². The van der Waals surface area contributed by atoms with Gasteiger partial charge in [-0.25, -0.2) is 4.99 Å². The number of hydrogen-bond acceptors (Lipinski definition) is 3. The van der Waals surface area contributed by atoms with Crippen molar-refractivity contribution in [3.63, 3.8) is 0 Å². The van der Waals surface area contributed by atoms with E-state index in [0.29, 0.717) is 18.5 Å². The van der Waals surface area contributed by atoms with Crippen molar-refractivity contribution in [3.8, 4) is 0 Å². The number of likely N-dealkylation sites (N-methyl/N-ethyl adjacent to an activating group) is 1. The predicted octanol–water partition coefficient (Wildman–Crippen LogP) is 2.05. The summed E-state index contributed by atoms with van der Waals surface area (Å²) in [5.41, 5.74) is 9.69. The van der Waals surface area contributed by atoms with Crippen LogP contribution in [0, 0.1) is 0 Å². The van der Waals surface area contributed by atoms with Crippen LogP contribution in [0.4, 0.5) is 0 Å². The minimum Gasteiger partial charge on any atom is -0.370 e. The molecule has 2 heterocycles. The summed E-state index contributed by atoms with van der Waals surface area (Å²) in [5, 5.41) is 7.89. The molecule has 1 aromatic heterocycles. The molecule has 1 saturated heterocycles. The molecule has 0 aliphatic carbocycles. The van der Waals surface area contributed by atoms with E-state index in [1.807, 2.05) is 11.7 Å². The molecule has 1 aliphatic rings. The molecule has 0 bridgehead atoms. The normalized spacial score (nSPS) is 18.7. The molecule has 0 saturated carbocycles. The van der Waals surface area contributed by atoms with E-state index in [4.69, 9.17) is 5.73 Å². The van der Waals surface area contributed by atoms with Crippen LogP contribution in [-0.2, 0) is 26.4 Å². The number of halogens is 1. The fourth-order valence-electron chi connectivity index (χ4n) is 3.56. The molecule has 0 aromatic carbocycles. The van der Waals surface area contributed by atoms with Gasteiger partial charge in [-0.05, 0) is 38.8 Å². The molecular formula is C17H33IN6. The first kappa shape index (κ1) is 21.2. The van der Waals surface area contributed by atoms with Gasteiger partial charge in [0.05, 0.1) is 12.2 Å². The number of hydrogen-bond donors (Lipinski definition) is 2. The monoisotopic (exact) mass is 448 g/mol. The van der Waals surface area contributed by atoms with Gasteiger partial charge in [0.2, 0.25) is 0 Å². The molecule has 1 aromatic rings. The second kappa shape index (κ2) is 10.2. The van der Waals surface area contributed by atoms with E-state index in [1.165, 1.54) is 30.6 Å². The van der Waals surface area contributed by atoms with Gasteiger partial charge in [0.1, 0.15) is 0 Å². The number of nitrogens with zero attached hydrogens (tertiary/aromatic N) is 4. The Morgan fingerprint density at radius 2 is 2.08 bits per heavy atom. The Hall–Kier alpha value is -0.830. The molecule has 3 N–H and O–H groups in total. The fraction of sp³-hybridized carbons (Fsp3) is 0.765. The topological polar surface area (TPSA) is 71.5 Å². The number of nitrogens with one attached hydrogen (secondary N) is 1. The maximum atomic E-state index is 6.07. The van der Waals surface area contributed by atoms with E-state index >= 15 is 0 Å². The third-order valence-electron chi connectivity index (χ3n) is 4.86. The van der Waals surface area contributed by atoms with E-state index < -0.39 is 0 Å². The standard InChI is InChI=1S/C17H32N6.HI/c1-5-15-14(16(6-2)22(4)21-15)12-20-17(18)19-11-13-9-8-10-23(13)7-3;/h13H,5-12H2,1-4H3,(H3,18,19,20);1H. The van der Waals surface area contributed by atoms with Crippen LogP contribution in [0.25, 0.3) is 0 Å². The number of aryl methyl sites for hydroxylation is 2. The summed E-state index contributed by atoms with van der Waals surface area (Å²) in [7, 11) is 2.01. The first-order chi connectivity index (χ1) is 11.1. The van der Waals surface area contributed by atoms with Gasteiger partial charge in [-0.3, -0.25) is 9.58 Å². The van der Waals surface area contributed by atoms with Gasteiger partial charge in [-0.2, -0.15) is 5.10 Å². The van der Waals surface area contributed by atoms with Crippen molar-refractivity contribution in [3.05, 3.63) is 17.0 Å². The quantitative estimate of drug-likeness (QED) is 0.381. The Bertz CT molecular complexity index is 539. The Kier molecular flexibility index (Phi) is 9.04. The highest BCUT2D eigenvalue weighted by Crippen LogP contribution is 2.17. The van der Waals surface area contributed by atoms with Gasteiger partial charge in [-0.15, -0.1) is 24.0 Å². The molecule has 0 spiro atoms. The van der Waals surface area contributed by atoms with Crippen molar-refractivity contribution in [2.75, 3.05) is 19.6 Å². The molecule has 1 unspecified atom stereocenters. The van der Waals surface area contributed by atoms with Crippen molar-refractivity contribution in [2.45, 2.75) is 59.0 Å². The average Bonchev–Trinajstić information content (AvgIpc) is 3.13. The van der Waals surface area contributed by atoms with Gasteiger partial charge in [0.25, 0.3) is 0 Å². The SMILES string of the molecule is CCc1nn(C)c(CC)c1CN=C(N)NCC1CCCN1CC.I. The summed E-state index contributed by atoms with van der Waals surface area (Å²) in [6.07, 6.45) is 4.43. The number of guanidine groups is 1. The molecule has 24 heavy (non-hydrogen) atoms. The van der Waals surface area contributed by atoms with Gasteiger partial charge in [0, 0.05) is 30.9 Å². The largest absolute Gasteiger partial charge is 0.370 e. The van der Waals surface area contributed by atoms with E-state index in [0.717, 1.165) is 31.6 Å². The van der Waals surface area contributed by atoms with Gasteiger partial charge < -0.3 is 11.1 Å². The number of nitrogens with two attached hydrogens (primary N) is 1. The van der Waals surface area contributed by atoms with E-state index in [2.05, 4.69) is 41.1 Å². The maximum Gasteiger partial charge on any atom is 0.188 e. The molecule has 1 aliphatic heterocycles. The number of rotatable bonds is 7. The minimum absolute atomic E-state index is 0. The Morgan fingerprint density at radius 3 is 2.71 bits per heavy atom. The summed E-state index contributed by atoms with van der Waals surface area (Å²) in [6.45, 7) is 10.3. The van der Waals surface area contributed by atoms with Crippen LogP contribution in [0.2, 0.25) is 0 Å². The Balaban J connectivity index is 0.00000288. The van der Waals surface area contributed by atoms with Gasteiger partial charge >= 0.3 is 0 Å². The molecule has 138 valence electrons. The van der Waals surface area contributed by atoms with Crippen molar-refractivity contribution in [1.29, 1.82) is 0 Å². The highest BCUT2D eigenvalue weighted by atomic mass is 127. The molecule has 1 atom stereocenters. The Morgan fingerprint density at radius 1 is 1.33 bits per heavy atom. The second-order valence-electron chi connectivity index (χ2n) is 6.21. The lowest BCUT2D eigenvalue weighted by molar-refractivity contribution is 0.267. The van der Waals surface area contributed by atoms with Crippen LogP contribution in [0.1, 0.15) is 50.6 Å². The van der Waals surface area contributed by atoms with E-state index in [1.54, 1.807) is 0 Å². The fourth-order valence-corrected chi connectivity index (χ4v) is 3.56. The highest BCUT2D eigenvalue weighted by Gasteiger charge is 2.22. The lowest BCUT2D eigenvalue weighted by Crippen LogP contribution is -2.42. The van der Waals surface area contributed by atoms with Crippen molar-refractivity contribution in [2.24, 2.45) is 17.8 Å². The van der Waals surface area contributed by atoms with Crippen LogP contribution < -0.4 is 11.1 Å². The zero-order valence-corrected chi connectivity index (χ0v) is 17.8. The van der Waals surface area contributed by atoms with Crippen molar-refractivity contribution in [1.82, 2.24) is 20.0 Å². The second-order valence-corrected chi connectivity index (χ2v) is 6.21. The third kappa shape index (κ3) is 5.08. The summed E-state index contributed by atoms with van der Waals surface area (Å²) >= 11 is 0. The lowest BCUT2D eigenvalue weighted by Gasteiger charge is -2.23. The average molecular weight is 448 g/mol. The predicted molar refractivity (Wildman–Crippen MR) is 111 cm³/mol. The number of aliphatic imine (C=N–C) groups is 1. The Labute approximate surface area is 163 Å². The first-order valence-electron chi connectivity index (χ1n) is 8.92. The third-order valence-corrected chi connectivity index (χ3v) is 4.86. The number of likely N-dealkylation sites (tertiary alicyclic amines) is 1. The zero-order chi connectivity index (χ0) is 16.8. The van der Waals surface area contributed by atoms with Crippen molar-refractivity contribution >= 4 is 29.9 Å². The number of aromatic nitrogens is 2. The minimum atomic E-state index is 0. The summed E-state index contributed by atoms with van der Waals surface area (Å²) in [5.74, 6) is 0.543. The van der Waals surface area contributed by atoms with E-state index in [-0.39, 0.29) is 24.0 Å². The van der Waals surface area contributed by atoms with Gasteiger partial charge in [0.15, 0.2) is 5.96 Å². The molecule has 0 amide bonds. The van der Waals surface area contributed by atoms with Gasteiger partial charge in [-0.1, -0.05) is 20.8 Å². The lowest BCUT2D eigenvalue weighted by atomic mass is 10.1. The van der Waals surface area contributed by atoms with Crippen LogP contribution in [-0.4, -0.2) is 46.3 Å². The molecule has 6 nitrogen and oxygen atoms in total. The van der Waals surface area contributed by atoms with Crippen LogP contribution >= 0.6 is 24.0 Å². The molecule has 7 heteroatoms. The van der Waals surface area contributed by atoms with Crippen molar-refractivity contribution < 1.29 is 0 Å². The summed E-state index contributed by atoms with van der Waals surface area (Å²) < 4.78 is 1.98. The van der Waals surface area contributed by atoms with Crippen LogP contribution in [0.3, 0.4) is 0 Å². The first-order valence-corrected chi connectivity index (χ1v) is 8.92. The van der Waals surface area contributed by atoms with Crippen LogP contribution in [0.15, 0.2) is 4.99 Å².